The zero-order chi connectivity index (χ0) is 14.7. The largest absolute Gasteiger partial charge is 0.458 e. The minimum absolute atomic E-state index is 0.0238. The van der Waals surface area contributed by atoms with Gasteiger partial charge in [-0.3, -0.25) is 0 Å². The lowest BCUT2D eigenvalue weighted by molar-refractivity contribution is -0.0924. The molecule has 21 heavy (non-hydrogen) atoms. The first-order valence-electron chi connectivity index (χ1n) is 7.98. The molecule has 1 spiro atoms. The van der Waals surface area contributed by atoms with Crippen LogP contribution < -0.4 is 0 Å². The molecule has 0 N–H and O–H groups in total. The Bertz CT molecular complexity index is 565. The first-order chi connectivity index (χ1) is 10.0. The highest BCUT2D eigenvalue weighted by molar-refractivity contribution is 5.89. The van der Waals surface area contributed by atoms with E-state index < -0.39 is 0 Å². The van der Waals surface area contributed by atoms with Crippen LogP contribution in [0.25, 0.3) is 0 Å². The van der Waals surface area contributed by atoms with Gasteiger partial charge in [-0.25, -0.2) is 4.79 Å². The Hall–Kier alpha value is -1.35. The predicted octanol–water partition coefficient (Wildman–Crippen LogP) is 3.58. The van der Waals surface area contributed by atoms with Gasteiger partial charge in [-0.2, -0.15) is 0 Å². The molecule has 3 nitrogen and oxygen atoms in total. The second kappa shape index (κ2) is 4.33. The lowest BCUT2D eigenvalue weighted by atomic mass is 9.79. The van der Waals surface area contributed by atoms with Gasteiger partial charge in [0.15, 0.2) is 0 Å². The van der Waals surface area contributed by atoms with E-state index in [2.05, 4.69) is 13.8 Å². The summed E-state index contributed by atoms with van der Waals surface area (Å²) < 4.78 is 12.1. The van der Waals surface area contributed by atoms with Gasteiger partial charge in [0.25, 0.3) is 0 Å². The average Bonchev–Trinajstić information content (AvgIpc) is 3.17. The van der Waals surface area contributed by atoms with Crippen LogP contribution in [0.15, 0.2) is 30.3 Å². The van der Waals surface area contributed by atoms with Gasteiger partial charge in [0.2, 0.25) is 0 Å². The van der Waals surface area contributed by atoms with Gasteiger partial charge in [0.1, 0.15) is 6.10 Å². The molecule has 1 aromatic carbocycles. The molecular weight excluding hydrogens is 264 g/mol. The third kappa shape index (κ3) is 1.87. The molecule has 0 unspecified atom stereocenters. The second-order valence-electron chi connectivity index (χ2n) is 7.27. The van der Waals surface area contributed by atoms with E-state index in [0.29, 0.717) is 11.5 Å². The minimum Gasteiger partial charge on any atom is -0.458 e. The maximum absolute atomic E-state index is 12.4. The Labute approximate surface area is 125 Å². The molecule has 112 valence electrons. The third-order valence-corrected chi connectivity index (χ3v) is 5.72. The Morgan fingerprint density at radius 3 is 2.71 bits per heavy atom. The summed E-state index contributed by atoms with van der Waals surface area (Å²) in [5.41, 5.74) is 0.685. The van der Waals surface area contributed by atoms with Gasteiger partial charge in [0, 0.05) is 5.41 Å². The maximum Gasteiger partial charge on any atom is 0.338 e. The van der Waals surface area contributed by atoms with Crippen molar-refractivity contribution in [2.45, 2.75) is 57.3 Å². The SMILES string of the molecule is CC1(C)O[C@H]2CCC[C@@H](OC(=O)c3ccccc3)[C@@]23C[C@@H]13. The maximum atomic E-state index is 12.4. The van der Waals surface area contributed by atoms with Gasteiger partial charge in [0.05, 0.1) is 17.3 Å². The molecule has 3 heteroatoms. The molecule has 0 amide bonds. The topological polar surface area (TPSA) is 35.5 Å². The van der Waals surface area contributed by atoms with E-state index in [1.807, 2.05) is 30.3 Å². The van der Waals surface area contributed by atoms with Crippen molar-refractivity contribution >= 4 is 5.97 Å². The van der Waals surface area contributed by atoms with Gasteiger partial charge in [-0.05, 0) is 57.6 Å². The van der Waals surface area contributed by atoms with E-state index in [0.717, 1.165) is 25.7 Å². The summed E-state index contributed by atoms with van der Waals surface area (Å²) >= 11 is 0. The Morgan fingerprint density at radius 2 is 2.00 bits per heavy atom. The lowest BCUT2D eigenvalue weighted by Crippen LogP contribution is -2.40. The van der Waals surface area contributed by atoms with Gasteiger partial charge >= 0.3 is 5.97 Å². The Morgan fingerprint density at radius 1 is 1.24 bits per heavy atom. The average molecular weight is 286 g/mol. The van der Waals surface area contributed by atoms with Crippen LogP contribution in [0.1, 0.15) is 49.9 Å². The molecular formula is C18H22O3. The molecule has 4 atom stereocenters. The van der Waals surface area contributed by atoms with Crippen LogP contribution in [0, 0.1) is 11.3 Å². The van der Waals surface area contributed by atoms with E-state index in [9.17, 15) is 4.79 Å². The van der Waals surface area contributed by atoms with E-state index in [1.165, 1.54) is 0 Å². The zero-order valence-corrected chi connectivity index (χ0v) is 12.7. The predicted molar refractivity (Wildman–Crippen MR) is 79.0 cm³/mol. The van der Waals surface area contributed by atoms with Crippen molar-refractivity contribution in [2.75, 3.05) is 0 Å². The van der Waals surface area contributed by atoms with Crippen LogP contribution in [-0.2, 0) is 9.47 Å². The van der Waals surface area contributed by atoms with Gasteiger partial charge in [-0.1, -0.05) is 18.2 Å². The number of rotatable bonds is 2. The second-order valence-corrected chi connectivity index (χ2v) is 7.27. The number of hydrogen-bond acceptors (Lipinski definition) is 3. The van der Waals surface area contributed by atoms with E-state index in [-0.39, 0.29) is 29.2 Å². The van der Waals surface area contributed by atoms with E-state index in [4.69, 9.17) is 9.47 Å². The highest BCUT2D eigenvalue weighted by Crippen LogP contribution is 2.72. The van der Waals surface area contributed by atoms with Crippen molar-refractivity contribution in [2.24, 2.45) is 11.3 Å². The monoisotopic (exact) mass is 286 g/mol. The molecule has 2 saturated carbocycles. The number of hydrogen-bond donors (Lipinski definition) is 0. The number of carbonyl (C=O) groups is 1. The minimum atomic E-state index is -0.189. The first kappa shape index (κ1) is 13.3. The van der Waals surface area contributed by atoms with Crippen LogP contribution in [0.2, 0.25) is 0 Å². The van der Waals surface area contributed by atoms with Crippen molar-refractivity contribution in [1.82, 2.24) is 0 Å². The van der Waals surface area contributed by atoms with Gasteiger partial charge < -0.3 is 9.47 Å². The number of ether oxygens (including phenoxy) is 2. The molecule has 1 heterocycles. The van der Waals surface area contributed by atoms with Crippen molar-refractivity contribution in [1.29, 1.82) is 0 Å². The summed E-state index contributed by atoms with van der Waals surface area (Å²) in [6, 6.07) is 9.30. The molecule has 4 rings (SSSR count). The normalized spacial score (nSPS) is 39.2. The van der Waals surface area contributed by atoms with E-state index >= 15 is 0 Å². The van der Waals surface area contributed by atoms with Crippen LogP contribution in [0.4, 0.5) is 0 Å². The summed E-state index contributed by atoms with van der Waals surface area (Å²) in [4.78, 5) is 12.4. The fourth-order valence-electron chi connectivity index (χ4n) is 4.69. The quantitative estimate of drug-likeness (QED) is 0.780. The molecule has 0 radical (unpaired) electrons. The first-order valence-corrected chi connectivity index (χ1v) is 7.98. The highest BCUT2D eigenvalue weighted by atomic mass is 16.6. The summed E-state index contributed by atoms with van der Waals surface area (Å²) in [5.74, 6) is 0.356. The summed E-state index contributed by atoms with van der Waals surface area (Å²) in [6.07, 6.45) is 4.62. The molecule has 0 aromatic heterocycles. The van der Waals surface area contributed by atoms with Crippen LogP contribution in [0.3, 0.4) is 0 Å². The molecule has 1 aromatic rings. The van der Waals surface area contributed by atoms with Crippen molar-refractivity contribution < 1.29 is 14.3 Å². The molecule has 1 saturated heterocycles. The zero-order valence-electron chi connectivity index (χ0n) is 12.7. The Balaban J connectivity index is 1.55. The fourth-order valence-corrected chi connectivity index (χ4v) is 4.69. The highest BCUT2D eigenvalue weighted by Gasteiger charge is 2.75. The number of esters is 1. The fraction of sp³-hybridized carbons (Fsp3) is 0.611. The summed E-state index contributed by atoms with van der Waals surface area (Å²) in [6.45, 7) is 4.36. The van der Waals surface area contributed by atoms with Crippen molar-refractivity contribution in [3.63, 3.8) is 0 Å². The number of benzene rings is 1. The number of carbonyl (C=O) groups excluding carboxylic acids is 1. The van der Waals surface area contributed by atoms with Crippen molar-refractivity contribution in [3.8, 4) is 0 Å². The van der Waals surface area contributed by atoms with Crippen LogP contribution in [-0.4, -0.2) is 23.8 Å². The van der Waals surface area contributed by atoms with Crippen LogP contribution in [0.5, 0.6) is 0 Å². The summed E-state index contributed by atoms with van der Waals surface area (Å²) in [7, 11) is 0. The van der Waals surface area contributed by atoms with E-state index in [1.54, 1.807) is 0 Å². The molecule has 2 aliphatic carbocycles. The standard InChI is InChI=1S/C18H22O3/c1-17(2)13-11-18(13)14(9-6-10-15(18)21-17)20-16(19)12-7-4-3-5-8-12/h3-5,7-8,13-15H,6,9-11H2,1-2H3/t13-,14+,15-,18-/m0/s1. The molecule has 3 fully saturated rings. The molecule has 0 bridgehead atoms. The molecule has 1 aliphatic heterocycles. The smallest absolute Gasteiger partial charge is 0.338 e. The lowest BCUT2D eigenvalue weighted by Gasteiger charge is -2.35. The molecule has 3 aliphatic rings. The van der Waals surface area contributed by atoms with Gasteiger partial charge in [-0.15, -0.1) is 0 Å². The van der Waals surface area contributed by atoms with Crippen LogP contribution >= 0.6 is 0 Å². The Kier molecular flexibility index (Phi) is 2.74. The third-order valence-electron chi connectivity index (χ3n) is 5.72. The summed E-state index contributed by atoms with van der Waals surface area (Å²) in [5, 5.41) is 0. The van der Waals surface area contributed by atoms with Crippen molar-refractivity contribution in [3.05, 3.63) is 35.9 Å².